The molecule has 0 atom stereocenters. The summed E-state index contributed by atoms with van der Waals surface area (Å²) in [6.45, 7) is 0.732. The number of rotatable bonds is 5. The number of hydrogen-bond donors (Lipinski definition) is 1. The topological polar surface area (TPSA) is 50.3 Å². The first-order valence-electron chi connectivity index (χ1n) is 6.18. The zero-order chi connectivity index (χ0) is 14.5. The third-order valence-corrected chi connectivity index (χ3v) is 3.65. The second-order valence-electron chi connectivity index (χ2n) is 4.32. The number of nitrogens with zero attached hydrogens (tertiary/aromatic N) is 3. The molecule has 5 nitrogen and oxygen atoms in total. The van der Waals surface area contributed by atoms with Crippen molar-refractivity contribution < 1.29 is 4.74 Å². The molecule has 0 unspecified atom stereocenters. The van der Waals surface area contributed by atoms with Gasteiger partial charge in [-0.2, -0.15) is 0 Å². The quantitative estimate of drug-likeness (QED) is 0.909. The van der Waals surface area contributed by atoms with E-state index in [0.29, 0.717) is 0 Å². The van der Waals surface area contributed by atoms with Crippen LogP contribution in [0.5, 0.6) is 5.75 Å². The van der Waals surface area contributed by atoms with Crippen LogP contribution >= 0.6 is 15.9 Å². The molecule has 0 spiro atoms. The van der Waals surface area contributed by atoms with Gasteiger partial charge in [0.25, 0.3) is 0 Å². The minimum atomic E-state index is 0.732. The summed E-state index contributed by atoms with van der Waals surface area (Å²) in [6.07, 6.45) is 1.55. The molecule has 1 N–H and O–H groups in total. The van der Waals surface area contributed by atoms with Crippen LogP contribution in [0.25, 0.3) is 0 Å². The number of halogens is 1. The highest BCUT2D eigenvalue weighted by atomic mass is 79.9. The van der Waals surface area contributed by atoms with Gasteiger partial charge >= 0.3 is 0 Å². The van der Waals surface area contributed by atoms with Gasteiger partial charge in [0, 0.05) is 20.6 Å². The van der Waals surface area contributed by atoms with Gasteiger partial charge in [-0.05, 0) is 33.6 Å². The van der Waals surface area contributed by atoms with E-state index < -0.39 is 0 Å². The summed E-state index contributed by atoms with van der Waals surface area (Å²) in [5.41, 5.74) is 1.16. The predicted molar refractivity (Wildman–Crippen MR) is 84.4 cm³/mol. The smallest absolute Gasteiger partial charge is 0.148 e. The summed E-state index contributed by atoms with van der Waals surface area (Å²) in [7, 11) is 5.49. The normalized spacial score (nSPS) is 10.2. The Balaban J connectivity index is 2.21. The Morgan fingerprint density at radius 1 is 1.35 bits per heavy atom. The highest BCUT2D eigenvalue weighted by molar-refractivity contribution is 9.10. The highest BCUT2D eigenvalue weighted by Crippen LogP contribution is 2.29. The molecule has 0 radical (unpaired) electrons. The molecule has 1 aromatic heterocycles. The molecule has 2 rings (SSSR count). The molecule has 106 valence electrons. The van der Waals surface area contributed by atoms with Crippen LogP contribution in [-0.2, 0) is 6.54 Å². The largest absolute Gasteiger partial charge is 0.497 e. The fourth-order valence-corrected chi connectivity index (χ4v) is 2.63. The third-order valence-electron chi connectivity index (χ3n) is 2.92. The molecule has 1 heterocycles. The first-order valence-corrected chi connectivity index (χ1v) is 6.97. The van der Waals surface area contributed by atoms with Crippen LogP contribution in [0.1, 0.15) is 5.56 Å². The maximum Gasteiger partial charge on any atom is 0.148 e. The van der Waals surface area contributed by atoms with Crippen molar-refractivity contribution in [1.82, 2.24) is 9.97 Å². The molecule has 0 aliphatic rings. The molecular formula is C14H17BrN4O. The maximum absolute atomic E-state index is 5.24. The van der Waals surface area contributed by atoms with E-state index in [1.54, 1.807) is 13.4 Å². The van der Waals surface area contributed by atoms with E-state index in [9.17, 15) is 0 Å². The number of aromatic nitrogens is 2. The van der Waals surface area contributed by atoms with Crippen molar-refractivity contribution in [2.45, 2.75) is 6.54 Å². The van der Waals surface area contributed by atoms with Gasteiger partial charge in [-0.3, -0.25) is 0 Å². The van der Waals surface area contributed by atoms with E-state index in [1.165, 1.54) is 0 Å². The Labute approximate surface area is 127 Å². The Bertz CT molecular complexity index is 591. The lowest BCUT2D eigenvalue weighted by Crippen LogP contribution is -2.19. The van der Waals surface area contributed by atoms with Crippen molar-refractivity contribution in [3.05, 3.63) is 40.6 Å². The van der Waals surface area contributed by atoms with Crippen molar-refractivity contribution in [1.29, 1.82) is 0 Å². The van der Waals surface area contributed by atoms with Crippen molar-refractivity contribution in [3.8, 4) is 5.75 Å². The number of methoxy groups -OCH3 is 1. The number of anilines is 2. The van der Waals surface area contributed by atoms with Gasteiger partial charge in [0.15, 0.2) is 0 Å². The van der Waals surface area contributed by atoms with E-state index in [4.69, 9.17) is 4.74 Å². The average molecular weight is 337 g/mol. The van der Waals surface area contributed by atoms with Crippen molar-refractivity contribution in [2.75, 3.05) is 31.4 Å². The summed E-state index contributed by atoms with van der Waals surface area (Å²) < 4.78 is 6.09. The monoisotopic (exact) mass is 336 g/mol. The van der Waals surface area contributed by atoms with Gasteiger partial charge in [0.1, 0.15) is 28.2 Å². The molecule has 0 aliphatic carbocycles. The molecule has 1 aromatic carbocycles. The Morgan fingerprint density at radius 2 is 2.15 bits per heavy atom. The first kappa shape index (κ1) is 14.6. The van der Waals surface area contributed by atoms with Crippen LogP contribution in [0, 0.1) is 0 Å². The lowest BCUT2D eigenvalue weighted by atomic mass is 10.2. The molecule has 2 aromatic rings. The zero-order valence-corrected chi connectivity index (χ0v) is 13.3. The van der Waals surface area contributed by atoms with Crippen LogP contribution in [0.4, 0.5) is 11.6 Å². The predicted octanol–water partition coefficient (Wildman–Crippen LogP) is 2.93. The van der Waals surface area contributed by atoms with Crippen LogP contribution in [0.15, 0.2) is 35.1 Å². The highest BCUT2D eigenvalue weighted by Gasteiger charge is 2.12. The van der Waals surface area contributed by atoms with Crippen LogP contribution in [-0.4, -0.2) is 31.2 Å². The Morgan fingerprint density at radius 3 is 2.85 bits per heavy atom. The van der Waals surface area contributed by atoms with Crippen molar-refractivity contribution in [3.63, 3.8) is 0 Å². The number of ether oxygens (including phenoxy) is 1. The lowest BCUT2D eigenvalue weighted by molar-refractivity contribution is 0.414. The number of nitrogens with one attached hydrogen (secondary N) is 1. The van der Waals surface area contributed by atoms with Crippen LogP contribution in [0.2, 0.25) is 0 Å². The van der Waals surface area contributed by atoms with E-state index in [2.05, 4.69) is 42.2 Å². The molecule has 0 bridgehead atoms. The molecule has 0 saturated heterocycles. The molecule has 0 amide bonds. The van der Waals surface area contributed by atoms with Gasteiger partial charge in [-0.15, -0.1) is 0 Å². The standard InChI is InChI=1S/C14H17BrN4O/c1-16-13-12(15)14(18-9-17-13)19(2)8-10-5-4-6-11(7-10)20-3/h4-7,9H,8H2,1-3H3,(H,16,17,18). The van der Waals surface area contributed by atoms with Gasteiger partial charge in [0.05, 0.1) is 7.11 Å². The zero-order valence-electron chi connectivity index (χ0n) is 11.7. The summed E-state index contributed by atoms with van der Waals surface area (Å²) in [4.78, 5) is 10.5. The van der Waals surface area contributed by atoms with Gasteiger partial charge in [-0.1, -0.05) is 12.1 Å². The fourth-order valence-electron chi connectivity index (χ4n) is 1.92. The summed E-state index contributed by atoms with van der Waals surface area (Å²) in [5, 5.41) is 3.03. The Kier molecular flexibility index (Phi) is 4.79. The van der Waals surface area contributed by atoms with E-state index in [1.807, 2.05) is 32.3 Å². The average Bonchev–Trinajstić information content (AvgIpc) is 2.47. The third kappa shape index (κ3) is 3.19. The van der Waals surface area contributed by atoms with E-state index in [0.717, 1.165) is 34.0 Å². The minimum Gasteiger partial charge on any atom is -0.497 e. The Hall–Kier alpha value is -1.82. The summed E-state index contributed by atoms with van der Waals surface area (Å²) >= 11 is 3.53. The van der Waals surface area contributed by atoms with E-state index >= 15 is 0 Å². The molecule has 6 heteroatoms. The summed E-state index contributed by atoms with van der Waals surface area (Å²) in [5.74, 6) is 2.47. The van der Waals surface area contributed by atoms with Crippen LogP contribution in [0.3, 0.4) is 0 Å². The molecule has 20 heavy (non-hydrogen) atoms. The van der Waals surface area contributed by atoms with E-state index in [-0.39, 0.29) is 0 Å². The SMILES string of the molecule is CNc1ncnc(N(C)Cc2cccc(OC)c2)c1Br. The van der Waals surface area contributed by atoms with Crippen LogP contribution < -0.4 is 15.0 Å². The first-order chi connectivity index (χ1) is 9.65. The molecular weight excluding hydrogens is 320 g/mol. The van der Waals surface area contributed by atoms with Gasteiger partial charge < -0.3 is 15.0 Å². The second kappa shape index (κ2) is 6.56. The van der Waals surface area contributed by atoms with Gasteiger partial charge in [-0.25, -0.2) is 9.97 Å². The molecule has 0 fully saturated rings. The number of hydrogen-bond acceptors (Lipinski definition) is 5. The minimum absolute atomic E-state index is 0.732. The maximum atomic E-state index is 5.24. The fraction of sp³-hybridized carbons (Fsp3) is 0.286. The summed E-state index contributed by atoms with van der Waals surface area (Å²) in [6, 6.07) is 8.00. The van der Waals surface area contributed by atoms with Crippen molar-refractivity contribution >= 4 is 27.6 Å². The number of benzene rings is 1. The molecule has 0 aliphatic heterocycles. The van der Waals surface area contributed by atoms with Gasteiger partial charge in [0.2, 0.25) is 0 Å². The molecule has 0 saturated carbocycles. The van der Waals surface area contributed by atoms with Crippen molar-refractivity contribution in [2.24, 2.45) is 0 Å². The lowest BCUT2D eigenvalue weighted by Gasteiger charge is -2.20. The second-order valence-corrected chi connectivity index (χ2v) is 5.11.